The van der Waals surface area contributed by atoms with Crippen molar-refractivity contribution < 1.29 is 31.4 Å². The number of alkyl halides is 3. The molecule has 0 aromatic heterocycles. The Hall–Kier alpha value is -1.32. The zero-order chi connectivity index (χ0) is 14.7. The van der Waals surface area contributed by atoms with Gasteiger partial charge in [-0.3, -0.25) is 0 Å². The Bertz CT molecular complexity index is 530. The molecule has 2 N–H and O–H groups in total. The van der Waals surface area contributed by atoms with Gasteiger partial charge in [0.1, 0.15) is 5.75 Å². The summed E-state index contributed by atoms with van der Waals surface area (Å²) in [5.41, 5.74) is 0. The molecule has 19 heavy (non-hydrogen) atoms. The minimum absolute atomic E-state index is 0.380. The molecule has 1 aromatic rings. The Morgan fingerprint density at radius 1 is 1.42 bits per heavy atom. The van der Waals surface area contributed by atoms with Gasteiger partial charge in [0.15, 0.2) is 0 Å². The smallest absolute Gasteiger partial charge is 0.406 e. The lowest BCUT2D eigenvalue weighted by Crippen LogP contribution is -2.35. The van der Waals surface area contributed by atoms with Crippen LogP contribution in [0.5, 0.6) is 5.75 Å². The highest BCUT2D eigenvalue weighted by atomic mass is 32.2. The van der Waals surface area contributed by atoms with Crippen LogP contribution in [0.15, 0.2) is 29.2 Å². The first kappa shape index (κ1) is 15.7. The van der Waals surface area contributed by atoms with E-state index < -0.39 is 34.8 Å². The third-order valence-corrected chi connectivity index (χ3v) is 3.57. The molecule has 1 unspecified atom stereocenters. The lowest BCUT2D eigenvalue weighted by atomic mass is 10.3. The van der Waals surface area contributed by atoms with Gasteiger partial charge in [-0.05, 0) is 19.1 Å². The van der Waals surface area contributed by atoms with Crippen LogP contribution in [0.25, 0.3) is 0 Å². The second kappa shape index (κ2) is 5.76. The van der Waals surface area contributed by atoms with Crippen molar-refractivity contribution in [2.75, 3.05) is 6.61 Å². The van der Waals surface area contributed by atoms with Gasteiger partial charge in [-0.1, -0.05) is 6.07 Å². The number of benzene rings is 1. The van der Waals surface area contributed by atoms with Crippen LogP contribution < -0.4 is 9.46 Å². The zero-order valence-corrected chi connectivity index (χ0v) is 10.6. The highest BCUT2D eigenvalue weighted by Gasteiger charge is 2.31. The molecule has 9 heteroatoms. The van der Waals surface area contributed by atoms with Crippen molar-refractivity contribution in [2.45, 2.75) is 24.2 Å². The van der Waals surface area contributed by atoms with Gasteiger partial charge in [-0.25, -0.2) is 13.1 Å². The molecule has 0 bridgehead atoms. The Balaban J connectivity index is 2.99. The maximum absolute atomic E-state index is 12.0. The van der Waals surface area contributed by atoms with Gasteiger partial charge in [0.05, 0.1) is 11.5 Å². The van der Waals surface area contributed by atoms with Gasteiger partial charge in [-0.15, -0.1) is 13.2 Å². The largest absolute Gasteiger partial charge is 0.573 e. The summed E-state index contributed by atoms with van der Waals surface area (Å²) < 4.78 is 65.3. The molecule has 5 nitrogen and oxygen atoms in total. The van der Waals surface area contributed by atoms with Crippen LogP contribution in [0.3, 0.4) is 0 Å². The van der Waals surface area contributed by atoms with Crippen LogP contribution >= 0.6 is 0 Å². The lowest BCUT2D eigenvalue weighted by molar-refractivity contribution is -0.274. The SMILES string of the molecule is CC(CO)NS(=O)(=O)c1cccc(OC(F)(F)F)c1. The summed E-state index contributed by atoms with van der Waals surface area (Å²) in [4.78, 5) is -0.380. The van der Waals surface area contributed by atoms with Crippen LogP contribution in [0, 0.1) is 0 Å². The highest BCUT2D eigenvalue weighted by molar-refractivity contribution is 7.89. The molecular weight excluding hydrogens is 287 g/mol. The number of halogens is 3. The predicted molar refractivity (Wildman–Crippen MR) is 60.0 cm³/mol. The molecule has 1 rings (SSSR count). The Labute approximate surface area is 108 Å². The average molecular weight is 299 g/mol. The summed E-state index contributed by atoms with van der Waals surface area (Å²) in [7, 11) is -4.01. The van der Waals surface area contributed by atoms with Crippen molar-refractivity contribution in [3.8, 4) is 5.75 Å². The van der Waals surface area contributed by atoms with Crippen molar-refractivity contribution in [3.05, 3.63) is 24.3 Å². The van der Waals surface area contributed by atoms with Crippen LogP contribution in [-0.2, 0) is 10.0 Å². The zero-order valence-electron chi connectivity index (χ0n) is 9.81. The molecule has 0 aliphatic carbocycles. The van der Waals surface area contributed by atoms with E-state index in [1.165, 1.54) is 6.92 Å². The van der Waals surface area contributed by atoms with E-state index in [2.05, 4.69) is 9.46 Å². The van der Waals surface area contributed by atoms with Crippen molar-refractivity contribution in [2.24, 2.45) is 0 Å². The predicted octanol–water partition coefficient (Wildman–Crippen LogP) is 1.24. The Kier molecular flexibility index (Phi) is 4.77. The van der Waals surface area contributed by atoms with E-state index in [1.807, 2.05) is 0 Å². The van der Waals surface area contributed by atoms with Crippen molar-refractivity contribution in [1.29, 1.82) is 0 Å². The highest BCUT2D eigenvalue weighted by Crippen LogP contribution is 2.24. The lowest BCUT2D eigenvalue weighted by Gasteiger charge is -2.13. The number of sulfonamides is 1. The number of aliphatic hydroxyl groups excluding tert-OH is 1. The van der Waals surface area contributed by atoms with Gasteiger partial charge >= 0.3 is 6.36 Å². The standard InChI is InChI=1S/C10H12F3NO4S/c1-7(6-15)14-19(16,17)9-4-2-3-8(5-9)18-10(11,12)13/h2-5,7,14-15H,6H2,1H3. The number of rotatable bonds is 5. The third kappa shape index (κ3) is 5.05. The molecule has 1 atom stereocenters. The normalized spacial score (nSPS) is 14.2. The quantitative estimate of drug-likeness (QED) is 0.858. The molecule has 0 saturated carbocycles. The minimum atomic E-state index is -4.89. The monoisotopic (exact) mass is 299 g/mol. The van der Waals surface area contributed by atoms with Crippen LogP contribution in [0.1, 0.15) is 6.92 Å². The average Bonchev–Trinajstić information content (AvgIpc) is 2.26. The number of aliphatic hydroxyl groups is 1. The molecule has 108 valence electrons. The first-order valence-corrected chi connectivity index (χ1v) is 6.61. The summed E-state index contributed by atoms with van der Waals surface area (Å²) in [5.74, 6) is -0.632. The summed E-state index contributed by atoms with van der Waals surface area (Å²) in [6, 6.07) is 3.23. The molecule has 0 aliphatic rings. The first-order valence-electron chi connectivity index (χ1n) is 5.13. The number of ether oxygens (including phenoxy) is 1. The Morgan fingerprint density at radius 2 is 2.05 bits per heavy atom. The second-order valence-corrected chi connectivity index (χ2v) is 5.44. The molecule has 0 heterocycles. The fraction of sp³-hybridized carbons (Fsp3) is 0.400. The van der Waals surface area contributed by atoms with Gasteiger partial charge < -0.3 is 9.84 Å². The molecule has 0 amide bonds. The van der Waals surface area contributed by atoms with Crippen molar-refractivity contribution >= 4 is 10.0 Å². The van der Waals surface area contributed by atoms with Crippen LogP contribution in [-0.4, -0.2) is 32.5 Å². The Morgan fingerprint density at radius 3 is 2.58 bits per heavy atom. The number of hydrogen-bond acceptors (Lipinski definition) is 4. The number of hydrogen-bond donors (Lipinski definition) is 2. The summed E-state index contributed by atoms with van der Waals surface area (Å²) in [6.45, 7) is 0.978. The van der Waals surface area contributed by atoms with E-state index in [-0.39, 0.29) is 4.90 Å². The maximum Gasteiger partial charge on any atom is 0.573 e. The number of nitrogens with one attached hydrogen (secondary N) is 1. The van der Waals surface area contributed by atoms with Gasteiger partial charge in [0, 0.05) is 12.1 Å². The van der Waals surface area contributed by atoms with Gasteiger partial charge in [0.25, 0.3) is 0 Å². The topological polar surface area (TPSA) is 75.6 Å². The van der Waals surface area contributed by atoms with Crippen molar-refractivity contribution in [3.63, 3.8) is 0 Å². The maximum atomic E-state index is 12.0. The fourth-order valence-corrected chi connectivity index (χ4v) is 2.48. The van der Waals surface area contributed by atoms with E-state index in [0.717, 1.165) is 24.3 Å². The van der Waals surface area contributed by atoms with Crippen molar-refractivity contribution in [1.82, 2.24) is 4.72 Å². The molecule has 0 spiro atoms. The van der Waals surface area contributed by atoms with Gasteiger partial charge in [-0.2, -0.15) is 0 Å². The summed E-state index contributed by atoms with van der Waals surface area (Å²) in [6.07, 6.45) is -4.89. The fourth-order valence-electron chi connectivity index (χ4n) is 1.21. The molecular formula is C10H12F3NO4S. The first-order chi connectivity index (χ1) is 8.64. The van der Waals surface area contributed by atoms with E-state index in [0.29, 0.717) is 0 Å². The molecule has 0 radical (unpaired) electrons. The van der Waals surface area contributed by atoms with E-state index in [9.17, 15) is 21.6 Å². The summed E-state index contributed by atoms with van der Waals surface area (Å²) in [5, 5.41) is 8.75. The van der Waals surface area contributed by atoms with E-state index in [4.69, 9.17) is 5.11 Å². The van der Waals surface area contributed by atoms with Crippen LogP contribution in [0.2, 0.25) is 0 Å². The van der Waals surface area contributed by atoms with Crippen LogP contribution in [0.4, 0.5) is 13.2 Å². The minimum Gasteiger partial charge on any atom is -0.406 e. The van der Waals surface area contributed by atoms with Gasteiger partial charge in [0.2, 0.25) is 10.0 Å². The molecule has 0 aliphatic heterocycles. The third-order valence-electron chi connectivity index (χ3n) is 1.98. The molecule has 0 fully saturated rings. The summed E-state index contributed by atoms with van der Waals surface area (Å²) >= 11 is 0. The second-order valence-electron chi connectivity index (χ2n) is 3.73. The molecule has 0 saturated heterocycles. The molecule has 1 aromatic carbocycles. The van der Waals surface area contributed by atoms with E-state index >= 15 is 0 Å². The van der Waals surface area contributed by atoms with E-state index in [1.54, 1.807) is 0 Å².